The molecule has 1 N–H and O–H groups in total. The number of carboxylic acids is 1. The Hall–Kier alpha value is -3.04. The summed E-state index contributed by atoms with van der Waals surface area (Å²) in [6, 6.07) is 13.0. The number of hydrogen-bond acceptors (Lipinski definition) is 7. The normalized spacial score (nSPS) is 15.4. The topological polar surface area (TPSA) is 79.3 Å². The maximum absolute atomic E-state index is 13.2. The Morgan fingerprint density at radius 3 is 2.37 bits per heavy atom. The predicted octanol–water partition coefficient (Wildman–Crippen LogP) is 5.58. The molecule has 1 fully saturated rings. The highest BCUT2D eigenvalue weighted by atomic mass is 32.2. The largest absolute Gasteiger partial charge is 0.490 e. The first-order valence-corrected chi connectivity index (χ1v) is 12.8. The smallest absolute Gasteiger partial charge is 0.344 e. The van der Waals surface area contributed by atoms with Crippen LogP contribution in [0.5, 0.6) is 11.5 Å². The SMILES string of the molecule is CCOc1cc(/C=C2/SC(=S)N(c3ccc(N(CC)CC)cc3)C2=O)ccc1OC(CC)C(=O)O. The summed E-state index contributed by atoms with van der Waals surface area (Å²) in [5, 5.41) is 9.31. The van der Waals surface area contributed by atoms with Gasteiger partial charge < -0.3 is 19.5 Å². The molecule has 7 nitrogen and oxygen atoms in total. The minimum atomic E-state index is -1.03. The average Bonchev–Trinajstić information content (AvgIpc) is 3.12. The lowest BCUT2D eigenvalue weighted by atomic mass is 10.1. The van der Waals surface area contributed by atoms with Crippen molar-refractivity contribution in [3.63, 3.8) is 0 Å². The van der Waals surface area contributed by atoms with E-state index in [1.165, 1.54) is 16.7 Å². The van der Waals surface area contributed by atoms with Gasteiger partial charge in [0, 0.05) is 18.8 Å². The number of hydrogen-bond donors (Lipinski definition) is 1. The Balaban J connectivity index is 1.84. The zero-order valence-electron chi connectivity index (χ0n) is 20.3. The lowest BCUT2D eigenvalue weighted by Gasteiger charge is -2.22. The van der Waals surface area contributed by atoms with Gasteiger partial charge in [-0.3, -0.25) is 9.69 Å². The number of amides is 1. The van der Waals surface area contributed by atoms with Crippen LogP contribution in [0.4, 0.5) is 11.4 Å². The number of thioether (sulfide) groups is 1. The van der Waals surface area contributed by atoms with E-state index in [1.807, 2.05) is 31.2 Å². The Morgan fingerprint density at radius 2 is 1.80 bits per heavy atom. The summed E-state index contributed by atoms with van der Waals surface area (Å²) in [4.78, 5) is 28.8. The van der Waals surface area contributed by atoms with Crippen LogP contribution in [0, 0.1) is 0 Å². The van der Waals surface area contributed by atoms with Crippen LogP contribution in [0.2, 0.25) is 0 Å². The molecule has 35 heavy (non-hydrogen) atoms. The molecule has 3 rings (SSSR count). The van der Waals surface area contributed by atoms with Gasteiger partial charge in [-0.2, -0.15) is 0 Å². The average molecular weight is 515 g/mol. The van der Waals surface area contributed by atoms with Gasteiger partial charge in [0.05, 0.1) is 17.2 Å². The molecule has 9 heteroatoms. The number of carbonyl (C=O) groups is 2. The summed E-state index contributed by atoms with van der Waals surface area (Å²) in [5.74, 6) is -0.457. The molecule has 2 aromatic carbocycles. The van der Waals surface area contributed by atoms with Gasteiger partial charge in [0.15, 0.2) is 21.9 Å². The standard InChI is InChI=1S/C26H30N2O5S2/c1-5-20(25(30)31)33-21-14-9-17(15-22(21)32-8-4)16-23-24(29)28(26(34)35-23)19-12-10-18(11-13-19)27(6-2)7-3/h9-16,20H,5-8H2,1-4H3,(H,30,31)/b23-16+. The third-order valence-corrected chi connectivity index (χ3v) is 6.81. The number of ether oxygens (including phenoxy) is 2. The highest BCUT2D eigenvalue weighted by Gasteiger charge is 2.33. The summed E-state index contributed by atoms with van der Waals surface area (Å²) in [6.07, 6.45) is 1.11. The highest BCUT2D eigenvalue weighted by molar-refractivity contribution is 8.27. The van der Waals surface area contributed by atoms with Gasteiger partial charge in [-0.25, -0.2) is 4.79 Å². The molecule has 0 saturated carbocycles. The minimum Gasteiger partial charge on any atom is -0.490 e. The van der Waals surface area contributed by atoms with E-state index in [0.717, 1.165) is 30.0 Å². The lowest BCUT2D eigenvalue weighted by molar-refractivity contribution is -0.145. The number of rotatable bonds is 11. The maximum Gasteiger partial charge on any atom is 0.344 e. The fourth-order valence-corrected chi connectivity index (χ4v) is 4.98. The van der Waals surface area contributed by atoms with Gasteiger partial charge in [0.25, 0.3) is 5.91 Å². The zero-order chi connectivity index (χ0) is 25.5. The summed E-state index contributed by atoms with van der Waals surface area (Å²) >= 11 is 6.75. The predicted molar refractivity (Wildman–Crippen MR) is 146 cm³/mol. The number of aliphatic carboxylic acids is 1. The van der Waals surface area contributed by atoms with E-state index in [2.05, 4.69) is 18.7 Å². The molecule has 0 radical (unpaired) electrons. The van der Waals surface area contributed by atoms with Crippen LogP contribution in [0.1, 0.15) is 39.7 Å². The van der Waals surface area contributed by atoms with E-state index in [1.54, 1.807) is 31.2 Å². The molecular formula is C26H30N2O5S2. The van der Waals surface area contributed by atoms with Crippen molar-refractivity contribution in [2.45, 2.75) is 40.2 Å². The van der Waals surface area contributed by atoms with Crippen LogP contribution in [0.15, 0.2) is 47.4 Å². The molecule has 1 saturated heterocycles. The molecule has 0 spiro atoms. The fraction of sp³-hybridized carbons (Fsp3) is 0.346. The molecule has 0 aliphatic carbocycles. The molecule has 0 aromatic heterocycles. The van der Waals surface area contributed by atoms with Gasteiger partial charge >= 0.3 is 5.97 Å². The van der Waals surface area contributed by atoms with Crippen molar-refractivity contribution in [1.29, 1.82) is 0 Å². The third kappa shape index (κ3) is 6.15. The Kier molecular flexibility index (Phi) is 9.17. The monoisotopic (exact) mass is 514 g/mol. The molecule has 186 valence electrons. The fourth-order valence-electron chi connectivity index (χ4n) is 3.68. The van der Waals surface area contributed by atoms with Gasteiger partial charge in [-0.1, -0.05) is 37.0 Å². The van der Waals surface area contributed by atoms with E-state index in [9.17, 15) is 14.7 Å². The number of carboxylic acid groups (broad SMARTS) is 1. The first-order chi connectivity index (χ1) is 16.8. The van der Waals surface area contributed by atoms with E-state index < -0.39 is 12.1 Å². The zero-order valence-corrected chi connectivity index (χ0v) is 21.9. The van der Waals surface area contributed by atoms with Crippen LogP contribution < -0.4 is 19.3 Å². The summed E-state index contributed by atoms with van der Waals surface area (Å²) < 4.78 is 11.8. The highest BCUT2D eigenvalue weighted by Crippen LogP contribution is 2.38. The molecule has 1 amide bonds. The molecule has 2 aromatic rings. The summed E-state index contributed by atoms with van der Waals surface area (Å²) in [7, 11) is 0. The van der Waals surface area contributed by atoms with Crippen LogP contribution in [-0.4, -0.2) is 47.1 Å². The van der Waals surface area contributed by atoms with E-state index in [0.29, 0.717) is 33.8 Å². The first-order valence-electron chi connectivity index (χ1n) is 11.6. The summed E-state index contributed by atoms with van der Waals surface area (Å²) in [5.41, 5.74) is 2.55. The quantitative estimate of drug-likeness (QED) is 0.308. The lowest BCUT2D eigenvalue weighted by Crippen LogP contribution is -2.27. The van der Waals surface area contributed by atoms with Crippen molar-refractivity contribution in [1.82, 2.24) is 0 Å². The van der Waals surface area contributed by atoms with Crippen molar-refractivity contribution < 1.29 is 24.2 Å². The van der Waals surface area contributed by atoms with Crippen molar-refractivity contribution in [2.75, 3.05) is 29.5 Å². The molecule has 1 aliphatic heterocycles. The van der Waals surface area contributed by atoms with Crippen LogP contribution in [-0.2, 0) is 9.59 Å². The van der Waals surface area contributed by atoms with Gasteiger partial charge in [0.1, 0.15) is 0 Å². The minimum absolute atomic E-state index is 0.189. The number of benzene rings is 2. The van der Waals surface area contributed by atoms with Gasteiger partial charge in [-0.15, -0.1) is 0 Å². The second kappa shape index (κ2) is 12.1. The first kappa shape index (κ1) is 26.6. The number of nitrogens with zero attached hydrogens (tertiary/aromatic N) is 2. The molecular weight excluding hydrogens is 484 g/mol. The molecule has 1 aliphatic rings. The maximum atomic E-state index is 13.2. The van der Waals surface area contributed by atoms with E-state index >= 15 is 0 Å². The molecule has 0 bridgehead atoms. The molecule has 1 atom stereocenters. The van der Waals surface area contributed by atoms with E-state index in [4.69, 9.17) is 21.7 Å². The second-order valence-corrected chi connectivity index (χ2v) is 9.37. The second-order valence-electron chi connectivity index (χ2n) is 7.70. The number of carbonyl (C=O) groups excluding carboxylic acids is 1. The van der Waals surface area contributed by atoms with Crippen molar-refractivity contribution in [2.24, 2.45) is 0 Å². The summed E-state index contributed by atoms with van der Waals surface area (Å²) in [6.45, 7) is 9.98. The Labute approximate surface area is 215 Å². The number of thiocarbonyl (C=S) groups is 1. The van der Waals surface area contributed by atoms with Crippen LogP contribution >= 0.6 is 24.0 Å². The van der Waals surface area contributed by atoms with Crippen molar-refractivity contribution >= 4 is 57.6 Å². The van der Waals surface area contributed by atoms with Crippen molar-refractivity contribution in [3.05, 3.63) is 52.9 Å². The van der Waals surface area contributed by atoms with Crippen LogP contribution in [0.3, 0.4) is 0 Å². The third-order valence-electron chi connectivity index (χ3n) is 5.51. The Morgan fingerprint density at radius 1 is 1.11 bits per heavy atom. The Bertz CT molecular complexity index is 1110. The molecule has 1 heterocycles. The van der Waals surface area contributed by atoms with Crippen LogP contribution in [0.25, 0.3) is 6.08 Å². The molecule has 1 unspecified atom stereocenters. The van der Waals surface area contributed by atoms with Crippen molar-refractivity contribution in [3.8, 4) is 11.5 Å². The van der Waals surface area contributed by atoms with Gasteiger partial charge in [0.2, 0.25) is 0 Å². The van der Waals surface area contributed by atoms with Gasteiger partial charge in [-0.05, 0) is 75.2 Å². The van der Waals surface area contributed by atoms with E-state index in [-0.39, 0.29) is 5.91 Å². The number of anilines is 2.